The molecule has 1 spiro atoms. The molecule has 1 heterocycles. The van der Waals surface area contributed by atoms with Crippen LogP contribution in [0.3, 0.4) is 0 Å². The van der Waals surface area contributed by atoms with Crippen LogP contribution in [0.5, 0.6) is 0 Å². The van der Waals surface area contributed by atoms with E-state index in [0.29, 0.717) is 11.3 Å². The topological polar surface area (TPSA) is 15.8 Å². The van der Waals surface area contributed by atoms with Crippen LogP contribution in [0.1, 0.15) is 55.0 Å². The Labute approximate surface area is 108 Å². The maximum Gasteiger partial charge on any atom is 0.0500 e. The molecule has 92 valence electrons. The van der Waals surface area contributed by atoms with E-state index in [-0.39, 0.29) is 0 Å². The first kappa shape index (κ1) is 10.4. The van der Waals surface area contributed by atoms with Crippen LogP contribution in [0.2, 0.25) is 0 Å². The lowest BCUT2D eigenvalue weighted by Gasteiger charge is -2.11. The number of fused-ring (bicyclic) bond motifs is 5. The lowest BCUT2D eigenvalue weighted by atomic mass is 9.92. The second-order valence-electron chi connectivity index (χ2n) is 6.30. The lowest BCUT2D eigenvalue weighted by molar-refractivity contribution is 0.827. The second kappa shape index (κ2) is 3.09. The highest BCUT2D eigenvalue weighted by Crippen LogP contribution is 2.62. The number of aromatic amines is 1. The number of aromatic nitrogens is 1. The average Bonchev–Trinajstić information content (AvgIpc) is 2.95. The zero-order chi connectivity index (χ0) is 12.5. The van der Waals surface area contributed by atoms with Gasteiger partial charge in [-0.1, -0.05) is 37.6 Å². The summed E-state index contributed by atoms with van der Waals surface area (Å²) in [6, 6.07) is 9.35. The zero-order valence-corrected chi connectivity index (χ0v) is 11.3. The van der Waals surface area contributed by atoms with Crippen molar-refractivity contribution in [1.82, 2.24) is 4.98 Å². The largest absolute Gasteiger partial charge is 0.358 e. The third-order valence-electron chi connectivity index (χ3n) is 4.69. The highest BCUT2D eigenvalue weighted by atomic mass is 14.8. The third kappa shape index (κ3) is 1.12. The summed E-state index contributed by atoms with van der Waals surface area (Å²) in [5.41, 5.74) is 9.11. The normalized spacial score (nSPS) is 18.2. The van der Waals surface area contributed by atoms with E-state index >= 15 is 0 Å². The second-order valence-corrected chi connectivity index (χ2v) is 6.30. The fourth-order valence-electron chi connectivity index (χ4n) is 3.46. The van der Waals surface area contributed by atoms with Gasteiger partial charge in [-0.15, -0.1) is 0 Å². The molecule has 1 aromatic heterocycles. The lowest BCUT2D eigenvalue weighted by Crippen LogP contribution is -2.03. The van der Waals surface area contributed by atoms with E-state index in [1.165, 1.54) is 35.4 Å². The predicted octanol–water partition coefficient (Wildman–Crippen LogP) is 4.51. The number of hydrogen-bond acceptors (Lipinski definition) is 0. The van der Waals surface area contributed by atoms with Crippen LogP contribution in [-0.4, -0.2) is 4.98 Å². The molecule has 1 heteroatoms. The van der Waals surface area contributed by atoms with Gasteiger partial charge in [-0.2, -0.15) is 0 Å². The van der Waals surface area contributed by atoms with Crippen LogP contribution in [0.4, 0.5) is 0 Å². The van der Waals surface area contributed by atoms with E-state index in [1.807, 2.05) is 0 Å². The highest BCUT2D eigenvalue weighted by Gasteiger charge is 2.53. The Balaban J connectivity index is 1.99. The smallest absolute Gasteiger partial charge is 0.0500 e. The van der Waals surface area contributed by atoms with Crippen molar-refractivity contribution >= 4 is 0 Å². The van der Waals surface area contributed by atoms with Gasteiger partial charge in [0.25, 0.3) is 0 Å². The van der Waals surface area contributed by atoms with Crippen molar-refractivity contribution in [3.05, 3.63) is 46.6 Å². The molecule has 1 aromatic carbocycles. The zero-order valence-electron chi connectivity index (χ0n) is 11.3. The molecule has 2 aromatic rings. The summed E-state index contributed by atoms with van der Waals surface area (Å²) in [7, 11) is 0. The summed E-state index contributed by atoms with van der Waals surface area (Å²) in [5, 5.41) is 0. The summed E-state index contributed by atoms with van der Waals surface area (Å²) in [6.07, 6.45) is 2.65. The highest BCUT2D eigenvalue weighted by molar-refractivity contribution is 5.81. The SMILES string of the molecule is Cc1ccc2c(c1)C1(CC1)c1cc(C(C)C)[nH]c1-2. The van der Waals surface area contributed by atoms with E-state index < -0.39 is 0 Å². The van der Waals surface area contributed by atoms with Crippen LogP contribution in [0.25, 0.3) is 11.3 Å². The minimum absolute atomic E-state index is 0.375. The Kier molecular flexibility index (Phi) is 1.79. The summed E-state index contributed by atoms with van der Waals surface area (Å²) in [4.78, 5) is 3.66. The quantitative estimate of drug-likeness (QED) is 0.751. The molecular formula is C17H19N. The van der Waals surface area contributed by atoms with E-state index in [0.717, 1.165) is 0 Å². The molecule has 4 rings (SSSR count). The summed E-state index contributed by atoms with van der Waals surface area (Å²) >= 11 is 0. The van der Waals surface area contributed by atoms with Gasteiger partial charge in [-0.05, 0) is 42.9 Å². The maximum atomic E-state index is 3.66. The molecule has 0 atom stereocenters. The minimum atomic E-state index is 0.375. The van der Waals surface area contributed by atoms with Gasteiger partial charge in [-0.25, -0.2) is 0 Å². The van der Waals surface area contributed by atoms with Crippen molar-refractivity contribution in [3.8, 4) is 11.3 Å². The molecule has 1 fully saturated rings. The number of rotatable bonds is 1. The van der Waals surface area contributed by atoms with Crippen molar-refractivity contribution in [2.24, 2.45) is 0 Å². The van der Waals surface area contributed by atoms with Gasteiger partial charge in [0.05, 0.1) is 5.69 Å². The van der Waals surface area contributed by atoms with Crippen molar-refractivity contribution in [2.45, 2.75) is 44.9 Å². The van der Waals surface area contributed by atoms with Crippen molar-refractivity contribution < 1.29 is 0 Å². The Morgan fingerprint density at radius 3 is 2.56 bits per heavy atom. The number of benzene rings is 1. The van der Waals surface area contributed by atoms with Crippen LogP contribution in [0, 0.1) is 6.92 Å². The molecule has 2 aliphatic carbocycles. The fraction of sp³-hybridized carbons (Fsp3) is 0.412. The monoisotopic (exact) mass is 237 g/mol. The first-order valence-electron chi connectivity index (χ1n) is 6.97. The predicted molar refractivity (Wildman–Crippen MR) is 75.1 cm³/mol. The van der Waals surface area contributed by atoms with Gasteiger partial charge in [-0.3, -0.25) is 0 Å². The Bertz CT molecular complexity index is 642. The van der Waals surface area contributed by atoms with Crippen molar-refractivity contribution in [1.29, 1.82) is 0 Å². The number of nitrogens with one attached hydrogen (secondary N) is 1. The first-order chi connectivity index (χ1) is 8.62. The number of H-pyrrole nitrogens is 1. The molecule has 0 aliphatic heterocycles. The Hall–Kier alpha value is -1.50. The molecule has 18 heavy (non-hydrogen) atoms. The molecule has 1 saturated carbocycles. The van der Waals surface area contributed by atoms with Crippen LogP contribution < -0.4 is 0 Å². The van der Waals surface area contributed by atoms with E-state index in [4.69, 9.17) is 0 Å². The number of hydrogen-bond donors (Lipinski definition) is 1. The molecule has 0 unspecified atom stereocenters. The maximum absolute atomic E-state index is 3.66. The summed E-state index contributed by atoms with van der Waals surface area (Å²) in [5.74, 6) is 0.584. The van der Waals surface area contributed by atoms with Gasteiger partial charge < -0.3 is 4.98 Å². The molecule has 0 radical (unpaired) electrons. The molecule has 2 aliphatic rings. The summed E-state index contributed by atoms with van der Waals surface area (Å²) < 4.78 is 0. The van der Waals surface area contributed by atoms with E-state index in [9.17, 15) is 0 Å². The van der Waals surface area contributed by atoms with Gasteiger partial charge >= 0.3 is 0 Å². The third-order valence-corrected chi connectivity index (χ3v) is 4.69. The summed E-state index contributed by atoms with van der Waals surface area (Å²) in [6.45, 7) is 6.72. The van der Waals surface area contributed by atoms with Gasteiger partial charge in [0.15, 0.2) is 0 Å². The van der Waals surface area contributed by atoms with Crippen LogP contribution >= 0.6 is 0 Å². The Morgan fingerprint density at radius 2 is 1.89 bits per heavy atom. The van der Waals surface area contributed by atoms with Gasteiger partial charge in [0, 0.05) is 16.7 Å². The molecule has 0 saturated heterocycles. The molecule has 0 amide bonds. The van der Waals surface area contributed by atoms with Crippen molar-refractivity contribution in [2.75, 3.05) is 0 Å². The van der Waals surface area contributed by atoms with Crippen LogP contribution in [0.15, 0.2) is 24.3 Å². The first-order valence-corrected chi connectivity index (χ1v) is 6.97. The Morgan fingerprint density at radius 1 is 1.11 bits per heavy atom. The average molecular weight is 237 g/mol. The van der Waals surface area contributed by atoms with E-state index in [2.05, 4.69) is 50.0 Å². The molecule has 0 bridgehead atoms. The van der Waals surface area contributed by atoms with Crippen molar-refractivity contribution in [3.63, 3.8) is 0 Å². The van der Waals surface area contributed by atoms with E-state index in [1.54, 1.807) is 11.1 Å². The fourth-order valence-corrected chi connectivity index (χ4v) is 3.46. The molecule has 1 nitrogen and oxygen atoms in total. The molecule has 1 N–H and O–H groups in total. The minimum Gasteiger partial charge on any atom is -0.358 e. The standard InChI is InChI=1S/C17H19N/c1-10(2)15-9-14-16(18-15)12-5-4-11(3)8-13(12)17(14)6-7-17/h4-5,8-10,18H,6-7H2,1-3H3. The molecular weight excluding hydrogens is 218 g/mol. The van der Waals surface area contributed by atoms with Gasteiger partial charge in [0.2, 0.25) is 0 Å². The van der Waals surface area contributed by atoms with Crippen LogP contribution in [-0.2, 0) is 5.41 Å². The van der Waals surface area contributed by atoms with Gasteiger partial charge in [0.1, 0.15) is 0 Å². The number of aryl methyl sites for hydroxylation is 1.